The number of aromatic nitrogens is 4. The van der Waals surface area contributed by atoms with Crippen molar-refractivity contribution in [1.29, 1.82) is 0 Å². The molecule has 4 rings (SSSR count). The van der Waals surface area contributed by atoms with Crippen molar-refractivity contribution in [3.05, 3.63) is 75.8 Å². The van der Waals surface area contributed by atoms with Crippen molar-refractivity contribution in [2.75, 3.05) is 11.1 Å². The zero-order valence-corrected chi connectivity index (χ0v) is 18.9. The number of carbonyl (C=O) groups is 2. The molecule has 1 N–H and O–H groups in total. The third kappa shape index (κ3) is 5.39. The van der Waals surface area contributed by atoms with Crippen LogP contribution in [0, 0.1) is 0 Å². The molecule has 0 aliphatic carbocycles. The molecule has 0 aliphatic heterocycles. The number of halogens is 1. The van der Waals surface area contributed by atoms with E-state index in [-0.39, 0.29) is 36.0 Å². The van der Waals surface area contributed by atoms with E-state index in [0.717, 1.165) is 0 Å². The van der Waals surface area contributed by atoms with Gasteiger partial charge in [0.25, 0.3) is 5.56 Å². The summed E-state index contributed by atoms with van der Waals surface area (Å²) in [7, 11) is 0. The molecule has 0 unspecified atom stereocenters. The van der Waals surface area contributed by atoms with Crippen LogP contribution in [0.5, 0.6) is 0 Å². The summed E-state index contributed by atoms with van der Waals surface area (Å²) in [6.45, 7) is 0.193. The van der Waals surface area contributed by atoms with Gasteiger partial charge in [-0.05, 0) is 36.4 Å². The zero-order valence-electron chi connectivity index (χ0n) is 16.5. The third-order valence-electron chi connectivity index (χ3n) is 4.46. The van der Waals surface area contributed by atoms with Crippen LogP contribution in [-0.2, 0) is 11.3 Å². The number of nitrogens with one attached hydrogen (secondary N) is 1. The highest BCUT2D eigenvalue weighted by Crippen LogP contribution is 2.26. The van der Waals surface area contributed by atoms with Crippen LogP contribution in [0.1, 0.15) is 16.8 Å². The predicted octanol–water partition coefficient (Wildman–Crippen LogP) is 3.91. The number of ketones is 1. The normalized spacial score (nSPS) is 10.9. The monoisotopic (exact) mass is 485 g/mol. The maximum Gasteiger partial charge on any atom is 0.261 e. The number of amides is 1. The van der Waals surface area contributed by atoms with E-state index in [0.29, 0.717) is 31.0 Å². The quantitative estimate of drug-likeness (QED) is 0.229. The van der Waals surface area contributed by atoms with Crippen molar-refractivity contribution in [3.63, 3.8) is 0 Å². The van der Waals surface area contributed by atoms with Crippen molar-refractivity contribution in [2.45, 2.75) is 17.3 Å². The summed E-state index contributed by atoms with van der Waals surface area (Å²) in [5.41, 5.74) is 0.994. The fourth-order valence-electron chi connectivity index (χ4n) is 2.83. The average molecular weight is 486 g/mol. The number of para-hydroxylation sites is 1. The summed E-state index contributed by atoms with van der Waals surface area (Å²) in [6, 6.07) is 13.7. The van der Waals surface area contributed by atoms with Crippen molar-refractivity contribution in [1.82, 2.24) is 19.7 Å². The van der Waals surface area contributed by atoms with Crippen LogP contribution < -0.4 is 10.9 Å². The van der Waals surface area contributed by atoms with Crippen LogP contribution in [0.2, 0.25) is 5.02 Å². The molecule has 32 heavy (non-hydrogen) atoms. The fourth-order valence-corrected chi connectivity index (χ4v) is 4.62. The molecule has 2 heterocycles. The lowest BCUT2D eigenvalue weighted by Gasteiger charge is -2.06. The van der Waals surface area contributed by atoms with Gasteiger partial charge in [-0.2, -0.15) is 0 Å². The van der Waals surface area contributed by atoms with E-state index in [9.17, 15) is 14.4 Å². The second kappa shape index (κ2) is 10.0. The number of fused-ring (bicyclic) bond motifs is 1. The Morgan fingerprint density at radius 3 is 2.69 bits per heavy atom. The Morgan fingerprint density at radius 1 is 1.09 bits per heavy atom. The number of nitrogens with zero attached hydrogens (tertiary/aromatic N) is 4. The lowest BCUT2D eigenvalue weighted by molar-refractivity contribution is -0.116. The van der Waals surface area contributed by atoms with Gasteiger partial charge in [0.05, 0.1) is 23.0 Å². The molecule has 2 aromatic carbocycles. The number of aryl methyl sites for hydroxylation is 1. The Morgan fingerprint density at radius 2 is 1.88 bits per heavy atom. The lowest BCUT2D eigenvalue weighted by atomic mass is 10.1. The maximum absolute atomic E-state index is 12.5. The highest BCUT2D eigenvalue weighted by atomic mass is 35.5. The number of thioether (sulfide) groups is 1. The molecule has 4 aromatic rings. The summed E-state index contributed by atoms with van der Waals surface area (Å²) in [6.07, 6.45) is 1.52. The molecule has 162 valence electrons. The molecule has 1 amide bonds. The highest BCUT2D eigenvalue weighted by molar-refractivity contribution is 8.01. The van der Waals surface area contributed by atoms with Gasteiger partial charge in [-0.1, -0.05) is 46.8 Å². The van der Waals surface area contributed by atoms with Gasteiger partial charge in [0, 0.05) is 23.6 Å². The molecule has 0 spiro atoms. The highest BCUT2D eigenvalue weighted by Gasteiger charge is 2.12. The Labute approximate surface area is 195 Å². The van der Waals surface area contributed by atoms with Crippen molar-refractivity contribution in [2.24, 2.45) is 0 Å². The maximum atomic E-state index is 12.5. The Kier molecular flexibility index (Phi) is 6.93. The van der Waals surface area contributed by atoms with Gasteiger partial charge in [0.2, 0.25) is 11.0 Å². The van der Waals surface area contributed by atoms with E-state index in [1.807, 2.05) is 6.07 Å². The lowest BCUT2D eigenvalue weighted by Crippen LogP contribution is -2.23. The third-order valence-corrected chi connectivity index (χ3v) is 6.68. The van der Waals surface area contributed by atoms with Gasteiger partial charge in [-0.3, -0.25) is 19.0 Å². The molecule has 0 fully saturated rings. The first-order valence-corrected chi connectivity index (χ1v) is 11.7. The molecular weight excluding hydrogens is 470 g/mol. The van der Waals surface area contributed by atoms with E-state index in [1.165, 1.54) is 34.0 Å². The largest absolute Gasteiger partial charge is 0.300 e. The second-order valence-corrected chi connectivity index (χ2v) is 9.29. The minimum atomic E-state index is -0.296. The van der Waals surface area contributed by atoms with Crippen LogP contribution in [0.4, 0.5) is 5.13 Å². The number of hydrogen-bond donors (Lipinski definition) is 1. The molecule has 11 heteroatoms. The second-order valence-electron chi connectivity index (χ2n) is 6.65. The molecule has 0 saturated carbocycles. The molecule has 0 atom stereocenters. The summed E-state index contributed by atoms with van der Waals surface area (Å²) < 4.78 is 1.98. The first-order chi connectivity index (χ1) is 15.5. The molecule has 0 bridgehead atoms. The van der Waals surface area contributed by atoms with E-state index in [2.05, 4.69) is 20.5 Å². The predicted molar refractivity (Wildman–Crippen MR) is 126 cm³/mol. The van der Waals surface area contributed by atoms with Crippen LogP contribution in [0.3, 0.4) is 0 Å². The number of anilines is 1. The van der Waals surface area contributed by atoms with Crippen molar-refractivity contribution >= 4 is 62.4 Å². The zero-order chi connectivity index (χ0) is 22.5. The van der Waals surface area contributed by atoms with Gasteiger partial charge in [-0.15, -0.1) is 10.2 Å². The fraction of sp³-hybridized carbons (Fsp3) is 0.143. The molecule has 0 aliphatic rings. The number of benzene rings is 2. The number of carbonyl (C=O) groups excluding carboxylic acids is 2. The van der Waals surface area contributed by atoms with Crippen LogP contribution in [-0.4, -0.2) is 37.2 Å². The molecule has 2 aromatic heterocycles. The smallest absolute Gasteiger partial charge is 0.261 e. The van der Waals surface area contributed by atoms with Crippen LogP contribution in [0.25, 0.3) is 10.9 Å². The first-order valence-electron chi connectivity index (χ1n) is 9.49. The van der Waals surface area contributed by atoms with Crippen LogP contribution in [0.15, 0.2) is 64.0 Å². The molecular formula is C21H16ClN5O3S2. The van der Waals surface area contributed by atoms with E-state index < -0.39 is 0 Å². The van der Waals surface area contributed by atoms with E-state index >= 15 is 0 Å². The van der Waals surface area contributed by atoms with Crippen LogP contribution >= 0.6 is 34.7 Å². The average Bonchev–Trinajstić information content (AvgIpc) is 3.25. The minimum Gasteiger partial charge on any atom is -0.300 e. The van der Waals surface area contributed by atoms with Gasteiger partial charge >= 0.3 is 0 Å². The number of rotatable bonds is 8. The summed E-state index contributed by atoms with van der Waals surface area (Å²) in [4.78, 5) is 41.2. The molecule has 0 saturated heterocycles. The van der Waals surface area contributed by atoms with Crippen molar-refractivity contribution < 1.29 is 9.59 Å². The SMILES string of the molecule is O=C(CCn1cnc2ccccc2c1=O)Nc1nnc(SCC(=O)c2ccc(Cl)cc2)s1. The van der Waals surface area contributed by atoms with E-state index in [4.69, 9.17) is 11.6 Å². The topological polar surface area (TPSA) is 107 Å². The Bertz CT molecular complexity index is 1340. The van der Waals surface area contributed by atoms with E-state index in [1.54, 1.807) is 42.5 Å². The first kappa shape index (κ1) is 22.1. The standard InChI is InChI=1S/C21H16ClN5O3S2/c22-14-7-5-13(6-8-14)17(28)11-31-21-26-25-20(32-21)24-18(29)9-10-27-12-23-16-4-2-1-3-15(16)19(27)30/h1-8,12H,9-11H2,(H,24,25,29). The van der Waals surface area contributed by atoms with Gasteiger partial charge in [-0.25, -0.2) is 4.98 Å². The summed E-state index contributed by atoms with van der Waals surface area (Å²) in [5.74, 6) is -0.154. The van der Waals surface area contributed by atoms with Gasteiger partial charge in [0.15, 0.2) is 10.1 Å². The number of Topliss-reactive ketones (excluding diaryl/α,β-unsaturated/α-hetero) is 1. The van der Waals surface area contributed by atoms with Gasteiger partial charge < -0.3 is 5.32 Å². The summed E-state index contributed by atoms with van der Waals surface area (Å²) >= 11 is 8.26. The Balaban J connectivity index is 1.29. The Hall–Kier alpha value is -3.08. The summed E-state index contributed by atoms with van der Waals surface area (Å²) in [5, 5.41) is 12.0. The number of hydrogen-bond acceptors (Lipinski definition) is 8. The molecule has 0 radical (unpaired) electrons. The minimum absolute atomic E-state index is 0.0538. The van der Waals surface area contributed by atoms with Crippen molar-refractivity contribution in [3.8, 4) is 0 Å². The van der Waals surface area contributed by atoms with Gasteiger partial charge in [0.1, 0.15) is 0 Å². The molecule has 8 nitrogen and oxygen atoms in total.